The maximum absolute atomic E-state index is 11.3. The molecule has 0 heterocycles. The fraction of sp³-hybridized carbons (Fsp3) is 0.762. The highest BCUT2D eigenvalue weighted by atomic mass is 16.7. The molecule has 0 aliphatic heterocycles. The number of hydrogen-bond acceptors (Lipinski definition) is 4. The molecule has 0 aromatic rings. The summed E-state index contributed by atoms with van der Waals surface area (Å²) < 4.78 is 16.3. The zero-order chi connectivity index (χ0) is 18.6. The van der Waals surface area contributed by atoms with Crippen LogP contribution in [0.15, 0.2) is 24.3 Å². The molecular weight excluding hydrogens is 316 g/mol. The smallest absolute Gasteiger partial charge is 0.305 e. The third-order valence-electron chi connectivity index (χ3n) is 3.75. The van der Waals surface area contributed by atoms with Crippen molar-refractivity contribution in [2.75, 3.05) is 20.3 Å². The van der Waals surface area contributed by atoms with Crippen molar-refractivity contribution in [3.8, 4) is 0 Å². The minimum Gasteiger partial charge on any atom is -0.469 e. The summed E-state index contributed by atoms with van der Waals surface area (Å²) in [5, 5.41) is 0. The Morgan fingerprint density at radius 2 is 1.36 bits per heavy atom. The van der Waals surface area contributed by atoms with E-state index in [4.69, 9.17) is 14.2 Å². The molecule has 0 bridgehead atoms. The molecule has 4 nitrogen and oxygen atoms in total. The lowest BCUT2D eigenvalue weighted by Gasteiger charge is -2.18. The number of rotatable bonds is 17. The molecule has 0 N–H and O–H groups in total. The van der Waals surface area contributed by atoms with Gasteiger partial charge in [-0.05, 0) is 51.4 Å². The van der Waals surface area contributed by atoms with Gasteiger partial charge in [-0.1, -0.05) is 38.2 Å². The fourth-order valence-corrected chi connectivity index (χ4v) is 2.28. The summed E-state index contributed by atoms with van der Waals surface area (Å²) in [4.78, 5) is 11.3. The van der Waals surface area contributed by atoms with Gasteiger partial charge in [-0.25, -0.2) is 0 Å². The van der Waals surface area contributed by atoms with Crippen LogP contribution in [0.3, 0.4) is 0 Å². The molecule has 0 rings (SSSR count). The number of ether oxygens (including phenoxy) is 3. The fourth-order valence-electron chi connectivity index (χ4n) is 2.28. The van der Waals surface area contributed by atoms with Crippen molar-refractivity contribution in [1.29, 1.82) is 0 Å². The number of allylic oxidation sites excluding steroid dienone is 4. The van der Waals surface area contributed by atoms with Crippen molar-refractivity contribution in [1.82, 2.24) is 0 Å². The van der Waals surface area contributed by atoms with Crippen LogP contribution < -0.4 is 0 Å². The maximum Gasteiger partial charge on any atom is 0.305 e. The van der Waals surface area contributed by atoms with Crippen molar-refractivity contribution >= 4 is 5.97 Å². The molecule has 0 radical (unpaired) electrons. The lowest BCUT2D eigenvalue weighted by molar-refractivity contribution is -0.158. The SMILES string of the molecule is CC/C=C\CCCCOC(CCC(=O)OC)OCCCC/C=C\CC. The van der Waals surface area contributed by atoms with Crippen molar-refractivity contribution in [2.45, 2.75) is 84.3 Å². The summed E-state index contributed by atoms with van der Waals surface area (Å²) in [6.07, 6.45) is 18.0. The molecule has 0 saturated carbocycles. The number of unbranched alkanes of at least 4 members (excludes halogenated alkanes) is 4. The molecule has 0 aliphatic carbocycles. The van der Waals surface area contributed by atoms with Gasteiger partial charge in [0.1, 0.15) is 0 Å². The third kappa shape index (κ3) is 17.5. The first-order valence-corrected chi connectivity index (χ1v) is 9.84. The molecule has 25 heavy (non-hydrogen) atoms. The predicted octanol–water partition coefficient (Wildman–Crippen LogP) is 5.57. The van der Waals surface area contributed by atoms with Crippen molar-refractivity contribution in [3.05, 3.63) is 24.3 Å². The van der Waals surface area contributed by atoms with E-state index in [1.165, 1.54) is 7.11 Å². The van der Waals surface area contributed by atoms with Gasteiger partial charge in [-0.15, -0.1) is 0 Å². The van der Waals surface area contributed by atoms with Gasteiger partial charge >= 0.3 is 5.97 Å². The van der Waals surface area contributed by atoms with Crippen LogP contribution in [0.4, 0.5) is 0 Å². The van der Waals surface area contributed by atoms with Crippen LogP contribution in [0, 0.1) is 0 Å². The molecule has 146 valence electrons. The van der Waals surface area contributed by atoms with E-state index in [1.54, 1.807) is 0 Å². The van der Waals surface area contributed by atoms with Crippen LogP contribution in [0.5, 0.6) is 0 Å². The predicted molar refractivity (Wildman–Crippen MR) is 104 cm³/mol. The Morgan fingerprint density at radius 1 is 0.840 bits per heavy atom. The average Bonchev–Trinajstić information content (AvgIpc) is 2.63. The Bertz CT molecular complexity index is 326. The summed E-state index contributed by atoms with van der Waals surface area (Å²) in [6.45, 7) is 5.63. The normalized spacial score (nSPS) is 11.8. The first-order valence-electron chi connectivity index (χ1n) is 9.84. The van der Waals surface area contributed by atoms with Crippen LogP contribution in [0.2, 0.25) is 0 Å². The van der Waals surface area contributed by atoms with Gasteiger partial charge in [0.25, 0.3) is 0 Å². The lowest BCUT2D eigenvalue weighted by atomic mass is 10.2. The monoisotopic (exact) mass is 354 g/mol. The second-order valence-corrected chi connectivity index (χ2v) is 6.04. The van der Waals surface area contributed by atoms with E-state index in [9.17, 15) is 4.79 Å². The maximum atomic E-state index is 11.3. The largest absolute Gasteiger partial charge is 0.469 e. The van der Waals surface area contributed by atoms with Crippen LogP contribution >= 0.6 is 0 Å². The van der Waals surface area contributed by atoms with Gasteiger partial charge < -0.3 is 14.2 Å². The van der Waals surface area contributed by atoms with Gasteiger partial charge in [0, 0.05) is 19.6 Å². The molecular formula is C21H38O4. The summed E-state index contributed by atoms with van der Waals surface area (Å²) in [5.74, 6) is -0.216. The molecule has 0 atom stereocenters. The topological polar surface area (TPSA) is 44.8 Å². The van der Waals surface area contributed by atoms with E-state index in [2.05, 4.69) is 38.2 Å². The molecule has 0 fully saturated rings. The molecule has 0 aromatic heterocycles. The van der Waals surface area contributed by atoms with E-state index >= 15 is 0 Å². The quantitative estimate of drug-likeness (QED) is 0.148. The Hall–Kier alpha value is -1.13. The van der Waals surface area contributed by atoms with Gasteiger partial charge in [0.2, 0.25) is 0 Å². The Kier molecular flexibility index (Phi) is 18.3. The highest BCUT2D eigenvalue weighted by molar-refractivity contribution is 5.69. The minimum absolute atomic E-state index is 0.216. The van der Waals surface area contributed by atoms with E-state index in [-0.39, 0.29) is 12.3 Å². The van der Waals surface area contributed by atoms with Gasteiger partial charge in [-0.3, -0.25) is 4.79 Å². The zero-order valence-electron chi connectivity index (χ0n) is 16.5. The standard InChI is InChI=1S/C21H38O4/c1-4-6-8-10-12-14-18-24-21(17-16-20(22)23-3)25-19-15-13-11-9-7-5-2/h6-9,21H,4-5,10-19H2,1-3H3/b8-6-,9-7-. The van der Waals surface area contributed by atoms with E-state index < -0.39 is 0 Å². The second kappa shape index (κ2) is 19.2. The molecule has 0 unspecified atom stereocenters. The Morgan fingerprint density at radius 3 is 1.80 bits per heavy atom. The highest BCUT2D eigenvalue weighted by Crippen LogP contribution is 2.09. The molecule has 0 saturated heterocycles. The Labute approximate surface area is 154 Å². The summed E-state index contributed by atoms with van der Waals surface area (Å²) >= 11 is 0. The van der Waals surface area contributed by atoms with E-state index in [0.29, 0.717) is 26.1 Å². The second-order valence-electron chi connectivity index (χ2n) is 6.04. The number of esters is 1. The molecule has 0 amide bonds. The highest BCUT2D eigenvalue weighted by Gasteiger charge is 2.12. The number of methoxy groups -OCH3 is 1. The van der Waals surface area contributed by atoms with Crippen LogP contribution in [-0.2, 0) is 19.0 Å². The van der Waals surface area contributed by atoms with Crippen LogP contribution in [0.25, 0.3) is 0 Å². The summed E-state index contributed by atoms with van der Waals surface area (Å²) in [6, 6.07) is 0. The molecule has 0 spiro atoms. The van der Waals surface area contributed by atoms with Gasteiger partial charge in [0.05, 0.1) is 13.5 Å². The van der Waals surface area contributed by atoms with Crippen LogP contribution in [-0.4, -0.2) is 32.6 Å². The first-order chi connectivity index (χ1) is 12.2. The first kappa shape index (κ1) is 23.9. The van der Waals surface area contributed by atoms with E-state index in [0.717, 1.165) is 51.4 Å². The third-order valence-corrected chi connectivity index (χ3v) is 3.75. The average molecular weight is 355 g/mol. The molecule has 0 aromatic carbocycles. The van der Waals surface area contributed by atoms with Crippen molar-refractivity contribution < 1.29 is 19.0 Å². The van der Waals surface area contributed by atoms with Crippen LogP contribution in [0.1, 0.15) is 78.1 Å². The number of hydrogen-bond donors (Lipinski definition) is 0. The Balaban J connectivity index is 3.91. The van der Waals surface area contributed by atoms with E-state index in [1.807, 2.05) is 0 Å². The van der Waals surface area contributed by atoms with Crippen molar-refractivity contribution in [2.24, 2.45) is 0 Å². The minimum atomic E-state index is -0.309. The lowest BCUT2D eigenvalue weighted by Crippen LogP contribution is -2.20. The van der Waals surface area contributed by atoms with Gasteiger partial charge in [-0.2, -0.15) is 0 Å². The summed E-state index contributed by atoms with van der Waals surface area (Å²) in [5.41, 5.74) is 0. The number of carbonyl (C=O) groups is 1. The zero-order valence-corrected chi connectivity index (χ0v) is 16.5. The molecule has 0 aliphatic rings. The van der Waals surface area contributed by atoms with Gasteiger partial charge in [0.15, 0.2) is 6.29 Å². The van der Waals surface area contributed by atoms with Crippen molar-refractivity contribution in [3.63, 3.8) is 0 Å². The number of carbonyl (C=O) groups excluding carboxylic acids is 1. The summed E-state index contributed by atoms with van der Waals surface area (Å²) in [7, 11) is 1.41. The molecule has 4 heteroatoms.